The quantitative estimate of drug-likeness (QED) is 0.847. The number of methoxy groups -OCH3 is 1. The van der Waals surface area contributed by atoms with Crippen LogP contribution in [0.5, 0.6) is 0 Å². The van der Waals surface area contributed by atoms with Crippen LogP contribution in [0.1, 0.15) is 35.2 Å². The van der Waals surface area contributed by atoms with E-state index in [-0.39, 0.29) is 11.9 Å². The third-order valence-electron chi connectivity index (χ3n) is 3.76. The van der Waals surface area contributed by atoms with Gasteiger partial charge in [-0.25, -0.2) is 4.79 Å². The van der Waals surface area contributed by atoms with Crippen LogP contribution in [0.3, 0.4) is 0 Å². The summed E-state index contributed by atoms with van der Waals surface area (Å²) in [5.41, 5.74) is 1.62. The maximum atomic E-state index is 11.4. The molecule has 0 radical (unpaired) electrons. The summed E-state index contributed by atoms with van der Waals surface area (Å²) in [6.45, 7) is 0. The Kier molecular flexibility index (Phi) is 4.20. The van der Waals surface area contributed by atoms with E-state index >= 15 is 0 Å². The minimum atomic E-state index is -0.689. The van der Waals surface area contributed by atoms with Crippen molar-refractivity contribution in [2.75, 3.05) is 7.11 Å². The Labute approximate surface area is 112 Å². The second kappa shape index (κ2) is 5.87. The summed E-state index contributed by atoms with van der Waals surface area (Å²) < 4.78 is 4.69. The van der Waals surface area contributed by atoms with Crippen LogP contribution in [0.25, 0.3) is 0 Å². The highest BCUT2D eigenvalue weighted by Gasteiger charge is 2.29. The van der Waals surface area contributed by atoms with Gasteiger partial charge in [0.05, 0.1) is 18.6 Å². The molecule has 2 rings (SSSR count). The molecule has 0 bridgehead atoms. The van der Waals surface area contributed by atoms with Gasteiger partial charge in [0, 0.05) is 0 Å². The van der Waals surface area contributed by atoms with E-state index in [1.165, 1.54) is 7.11 Å². The normalized spacial score (nSPS) is 22.2. The molecule has 4 nitrogen and oxygen atoms in total. The first-order chi connectivity index (χ1) is 9.10. The molecule has 0 saturated heterocycles. The van der Waals surface area contributed by atoms with Crippen molar-refractivity contribution in [3.05, 3.63) is 35.4 Å². The fraction of sp³-hybridized carbons (Fsp3) is 0.467. The number of carbonyl (C=O) groups is 2. The summed E-state index contributed by atoms with van der Waals surface area (Å²) in [5.74, 6) is -0.828. The number of rotatable bonds is 4. The standard InChI is InChI=1S/C15H18O4/c1-19-15(18)13-4-2-3-10(9-13)7-11-5-6-12(8-11)14(16)17/h2-4,9,11-12H,5-8H2,1H3,(H,16,17)/t11-,12+/m0/s1. The van der Waals surface area contributed by atoms with Gasteiger partial charge in [0.25, 0.3) is 0 Å². The average Bonchev–Trinajstić information content (AvgIpc) is 2.87. The molecule has 0 amide bonds. The van der Waals surface area contributed by atoms with E-state index < -0.39 is 5.97 Å². The lowest BCUT2D eigenvalue weighted by molar-refractivity contribution is -0.141. The fourth-order valence-corrected chi connectivity index (χ4v) is 2.76. The van der Waals surface area contributed by atoms with Crippen molar-refractivity contribution in [3.8, 4) is 0 Å². The number of hydrogen-bond donors (Lipinski definition) is 1. The molecule has 0 heterocycles. The van der Waals surface area contributed by atoms with E-state index in [4.69, 9.17) is 9.84 Å². The summed E-state index contributed by atoms with van der Waals surface area (Å²) in [7, 11) is 1.36. The highest BCUT2D eigenvalue weighted by Crippen LogP contribution is 2.33. The molecule has 1 aliphatic carbocycles. The zero-order valence-electron chi connectivity index (χ0n) is 11.0. The molecule has 1 N–H and O–H groups in total. The van der Waals surface area contributed by atoms with Gasteiger partial charge in [0.15, 0.2) is 0 Å². The zero-order valence-corrected chi connectivity index (χ0v) is 11.0. The molecule has 0 aromatic heterocycles. The van der Waals surface area contributed by atoms with Crippen LogP contribution < -0.4 is 0 Å². The van der Waals surface area contributed by atoms with Crippen LogP contribution in [0, 0.1) is 11.8 Å². The third kappa shape index (κ3) is 3.34. The first-order valence-electron chi connectivity index (χ1n) is 6.50. The maximum Gasteiger partial charge on any atom is 0.337 e. The Morgan fingerprint density at radius 3 is 2.79 bits per heavy atom. The molecule has 102 valence electrons. The van der Waals surface area contributed by atoms with Crippen molar-refractivity contribution in [2.45, 2.75) is 25.7 Å². The molecule has 0 unspecified atom stereocenters. The van der Waals surface area contributed by atoms with Gasteiger partial charge < -0.3 is 9.84 Å². The third-order valence-corrected chi connectivity index (χ3v) is 3.76. The van der Waals surface area contributed by atoms with Crippen molar-refractivity contribution in [1.82, 2.24) is 0 Å². The maximum absolute atomic E-state index is 11.4. The number of benzene rings is 1. The lowest BCUT2D eigenvalue weighted by atomic mass is 9.96. The van der Waals surface area contributed by atoms with Gasteiger partial charge in [0.1, 0.15) is 0 Å². The number of hydrogen-bond acceptors (Lipinski definition) is 3. The van der Waals surface area contributed by atoms with E-state index in [1.807, 2.05) is 18.2 Å². The molecule has 1 saturated carbocycles. The van der Waals surface area contributed by atoms with Crippen LogP contribution in [-0.2, 0) is 16.0 Å². The monoisotopic (exact) mass is 262 g/mol. The number of esters is 1. The van der Waals surface area contributed by atoms with Gasteiger partial charge in [-0.15, -0.1) is 0 Å². The summed E-state index contributed by atoms with van der Waals surface area (Å²) >= 11 is 0. The van der Waals surface area contributed by atoms with E-state index in [0.29, 0.717) is 11.5 Å². The van der Waals surface area contributed by atoms with Gasteiger partial charge in [-0.05, 0) is 49.3 Å². The van der Waals surface area contributed by atoms with Crippen molar-refractivity contribution in [1.29, 1.82) is 0 Å². The number of carboxylic acids is 1. The molecular formula is C15H18O4. The highest BCUT2D eigenvalue weighted by molar-refractivity contribution is 5.89. The predicted octanol–water partition coefficient (Wildman–Crippen LogP) is 2.52. The number of aliphatic carboxylic acids is 1. The molecule has 1 aromatic carbocycles. The Bertz CT molecular complexity index is 481. The minimum Gasteiger partial charge on any atom is -0.481 e. The Morgan fingerprint density at radius 1 is 1.37 bits per heavy atom. The molecule has 0 spiro atoms. The van der Waals surface area contributed by atoms with Crippen LogP contribution in [0.15, 0.2) is 24.3 Å². The smallest absolute Gasteiger partial charge is 0.337 e. The zero-order chi connectivity index (χ0) is 13.8. The number of carboxylic acid groups (broad SMARTS) is 1. The second-order valence-electron chi connectivity index (χ2n) is 5.11. The van der Waals surface area contributed by atoms with Gasteiger partial charge in [-0.2, -0.15) is 0 Å². The molecular weight excluding hydrogens is 244 g/mol. The topological polar surface area (TPSA) is 63.6 Å². The largest absolute Gasteiger partial charge is 0.481 e. The van der Waals surface area contributed by atoms with Crippen LogP contribution in [0.4, 0.5) is 0 Å². The Balaban J connectivity index is 2.00. The minimum absolute atomic E-state index is 0.200. The van der Waals surface area contributed by atoms with Gasteiger partial charge in [0.2, 0.25) is 0 Å². The molecule has 0 aliphatic heterocycles. The van der Waals surface area contributed by atoms with Gasteiger partial charge in [-0.3, -0.25) is 4.79 Å². The van der Waals surface area contributed by atoms with Crippen molar-refractivity contribution in [3.63, 3.8) is 0 Å². The van der Waals surface area contributed by atoms with Crippen molar-refractivity contribution < 1.29 is 19.4 Å². The Hall–Kier alpha value is -1.84. The SMILES string of the molecule is COC(=O)c1cccc(C[C@@H]2CC[C@@H](C(=O)O)C2)c1. The van der Waals surface area contributed by atoms with Crippen LogP contribution in [-0.4, -0.2) is 24.2 Å². The first kappa shape index (κ1) is 13.6. The van der Waals surface area contributed by atoms with Crippen molar-refractivity contribution >= 4 is 11.9 Å². The summed E-state index contributed by atoms with van der Waals surface area (Å²) in [6, 6.07) is 7.37. The van der Waals surface area contributed by atoms with E-state index in [2.05, 4.69) is 0 Å². The molecule has 2 atom stereocenters. The van der Waals surface area contributed by atoms with E-state index in [0.717, 1.165) is 31.2 Å². The number of ether oxygens (including phenoxy) is 1. The Morgan fingerprint density at radius 2 is 2.16 bits per heavy atom. The lowest BCUT2D eigenvalue weighted by Gasteiger charge is -2.10. The van der Waals surface area contributed by atoms with Crippen LogP contribution in [0.2, 0.25) is 0 Å². The molecule has 19 heavy (non-hydrogen) atoms. The van der Waals surface area contributed by atoms with Gasteiger partial charge in [-0.1, -0.05) is 12.1 Å². The molecule has 1 aromatic rings. The molecule has 4 heteroatoms. The average molecular weight is 262 g/mol. The van der Waals surface area contributed by atoms with E-state index in [9.17, 15) is 9.59 Å². The number of carbonyl (C=O) groups excluding carboxylic acids is 1. The molecule has 1 aliphatic rings. The summed E-state index contributed by atoms with van der Waals surface area (Å²) in [6.07, 6.45) is 3.27. The second-order valence-corrected chi connectivity index (χ2v) is 5.11. The first-order valence-corrected chi connectivity index (χ1v) is 6.50. The predicted molar refractivity (Wildman–Crippen MR) is 70.0 cm³/mol. The van der Waals surface area contributed by atoms with Crippen molar-refractivity contribution in [2.24, 2.45) is 11.8 Å². The fourth-order valence-electron chi connectivity index (χ4n) is 2.76. The van der Waals surface area contributed by atoms with Crippen LogP contribution >= 0.6 is 0 Å². The summed E-state index contributed by atoms with van der Waals surface area (Å²) in [4.78, 5) is 22.4. The molecule has 1 fully saturated rings. The highest BCUT2D eigenvalue weighted by atomic mass is 16.5. The lowest BCUT2D eigenvalue weighted by Crippen LogP contribution is -2.10. The summed E-state index contributed by atoms with van der Waals surface area (Å²) in [5, 5.41) is 8.98. The van der Waals surface area contributed by atoms with E-state index in [1.54, 1.807) is 6.07 Å². The van der Waals surface area contributed by atoms with Gasteiger partial charge >= 0.3 is 11.9 Å².